The number of halogens is 3. The van der Waals surface area contributed by atoms with E-state index in [9.17, 15) is 13.2 Å². The molecule has 0 saturated carbocycles. The number of carbonyl (C=O) groups is 1. The van der Waals surface area contributed by atoms with Gasteiger partial charge in [0.2, 0.25) is 0 Å². The Bertz CT molecular complexity index is 607. The predicted molar refractivity (Wildman–Crippen MR) is 81.0 cm³/mol. The molecule has 0 saturated heterocycles. The second-order valence-corrected chi connectivity index (χ2v) is 7.45. The molecule has 0 aromatic heterocycles. The van der Waals surface area contributed by atoms with Crippen LogP contribution in [0.1, 0.15) is 17.3 Å². The number of hydrogen-bond donors (Lipinski definition) is 1. The first kappa shape index (κ1) is 17.7. The summed E-state index contributed by atoms with van der Waals surface area (Å²) in [7, 11) is 1.31. The van der Waals surface area contributed by atoms with Crippen LogP contribution in [0.2, 0.25) is 5.02 Å². The Kier molecular flexibility index (Phi) is 6.74. The lowest BCUT2D eigenvalue weighted by Gasteiger charge is -2.09. The third-order valence-electron chi connectivity index (χ3n) is 2.26. The van der Waals surface area contributed by atoms with Crippen molar-refractivity contribution in [2.45, 2.75) is 11.8 Å². The number of amides is 1. The first-order valence-electron chi connectivity index (χ1n) is 5.57. The van der Waals surface area contributed by atoms with E-state index in [2.05, 4.69) is 21.2 Å². The molecule has 0 aliphatic rings. The number of nitrogens with one attached hydrogen (secondary N) is 1. The lowest BCUT2D eigenvalue weighted by Crippen LogP contribution is -2.27. The molecule has 9 heteroatoms. The summed E-state index contributed by atoms with van der Waals surface area (Å²) in [6.07, 6.45) is 0. The van der Waals surface area contributed by atoms with E-state index in [1.54, 1.807) is 0 Å². The molecule has 0 radical (unpaired) electrons. The summed E-state index contributed by atoms with van der Waals surface area (Å²) >= 11 is 8.97. The summed E-state index contributed by atoms with van der Waals surface area (Å²) in [6.45, 7) is 3.04. The molecule has 0 heterocycles. The van der Waals surface area contributed by atoms with Gasteiger partial charge in [-0.25, -0.2) is 8.42 Å². The largest absolute Gasteiger partial charge is 0.380 e. The molecule has 0 bridgehead atoms. The molecule has 1 aromatic rings. The second kappa shape index (κ2) is 7.61. The molecule has 1 N–H and O–H groups in total. The van der Waals surface area contributed by atoms with E-state index in [0.717, 1.165) is 6.07 Å². The number of rotatable bonds is 6. The van der Waals surface area contributed by atoms with E-state index < -0.39 is 15.0 Å². The van der Waals surface area contributed by atoms with E-state index in [1.165, 1.54) is 6.07 Å². The predicted octanol–water partition coefficient (Wildman–Crippen LogP) is 2.80. The molecule has 1 rings (SSSR count). The van der Waals surface area contributed by atoms with Gasteiger partial charge in [0.15, 0.2) is 0 Å². The summed E-state index contributed by atoms with van der Waals surface area (Å²) in [4.78, 5) is 11.7. The summed E-state index contributed by atoms with van der Waals surface area (Å²) in [5.41, 5.74) is 0.0330. The number of carbonyl (C=O) groups excluding carboxylic acids is 1. The van der Waals surface area contributed by atoms with Crippen LogP contribution in [0.5, 0.6) is 0 Å². The van der Waals surface area contributed by atoms with Crippen LogP contribution in [0.15, 0.2) is 21.5 Å². The Hall–Kier alpha value is -0.340. The molecule has 0 unspecified atom stereocenters. The van der Waals surface area contributed by atoms with Crippen molar-refractivity contribution in [1.29, 1.82) is 0 Å². The Morgan fingerprint density at radius 2 is 2.10 bits per heavy atom. The van der Waals surface area contributed by atoms with Gasteiger partial charge in [0, 0.05) is 28.3 Å². The molecule has 0 aliphatic carbocycles. The highest BCUT2D eigenvalue weighted by Gasteiger charge is 2.20. The molecule has 0 atom stereocenters. The number of benzene rings is 1. The van der Waals surface area contributed by atoms with Gasteiger partial charge in [-0.15, -0.1) is 0 Å². The van der Waals surface area contributed by atoms with Crippen LogP contribution in [-0.4, -0.2) is 34.1 Å². The van der Waals surface area contributed by atoms with Gasteiger partial charge in [0.05, 0.1) is 22.1 Å². The highest BCUT2D eigenvalue weighted by Crippen LogP contribution is 2.30. The molecule has 1 aromatic carbocycles. The minimum atomic E-state index is -3.97. The molecule has 0 fully saturated rings. The van der Waals surface area contributed by atoms with E-state index in [0.29, 0.717) is 19.8 Å². The standard InChI is InChI=1S/C11H12BrCl2NO4S/c1-2-19-4-3-15-11(16)7-5-10(20(14,17)18)8(12)6-9(7)13/h5-6H,2-4H2,1H3,(H,15,16). The summed E-state index contributed by atoms with van der Waals surface area (Å²) in [6, 6.07) is 2.44. The quantitative estimate of drug-likeness (QED) is 0.584. The van der Waals surface area contributed by atoms with E-state index in [1.807, 2.05) is 6.92 Å². The van der Waals surface area contributed by atoms with Crippen LogP contribution in [0.4, 0.5) is 0 Å². The topological polar surface area (TPSA) is 72.5 Å². The normalized spacial score (nSPS) is 11.4. The molecular weight excluding hydrogens is 393 g/mol. The van der Waals surface area contributed by atoms with E-state index in [-0.39, 0.29) is 20.0 Å². The third-order valence-corrected chi connectivity index (χ3v) is 4.86. The Labute approximate surface area is 135 Å². The molecular formula is C11H12BrCl2NO4S. The fourth-order valence-electron chi connectivity index (χ4n) is 1.37. The minimum absolute atomic E-state index is 0.0330. The van der Waals surface area contributed by atoms with Crippen LogP contribution < -0.4 is 5.32 Å². The van der Waals surface area contributed by atoms with Crippen LogP contribution in [-0.2, 0) is 13.8 Å². The Morgan fingerprint density at radius 1 is 1.45 bits per heavy atom. The van der Waals surface area contributed by atoms with Crippen molar-refractivity contribution in [1.82, 2.24) is 5.32 Å². The monoisotopic (exact) mass is 403 g/mol. The SMILES string of the molecule is CCOCCNC(=O)c1cc(S(=O)(=O)Cl)c(Br)cc1Cl. The van der Waals surface area contributed by atoms with Gasteiger partial charge in [-0.2, -0.15) is 0 Å². The van der Waals surface area contributed by atoms with Crippen LogP contribution in [0.3, 0.4) is 0 Å². The smallest absolute Gasteiger partial charge is 0.262 e. The molecule has 5 nitrogen and oxygen atoms in total. The minimum Gasteiger partial charge on any atom is -0.380 e. The summed E-state index contributed by atoms with van der Waals surface area (Å²) < 4.78 is 28.0. The Balaban J connectivity index is 2.98. The van der Waals surface area contributed by atoms with Crippen molar-refractivity contribution < 1.29 is 17.9 Å². The van der Waals surface area contributed by atoms with Crippen molar-refractivity contribution in [2.75, 3.05) is 19.8 Å². The fourth-order valence-corrected chi connectivity index (χ4v) is 3.94. The van der Waals surface area contributed by atoms with Crippen molar-refractivity contribution in [2.24, 2.45) is 0 Å². The first-order valence-corrected chi connectivity index (χ1v) is 9.05. The van der Waals surface area contributed by atoms with Crippen molar-refractivity contribution in [3.63, 3.8) is 0 Å². The van der Waals surface area contributed by atoms with Crippen molar-refractivity contribution in [3.05, 3.63) is 27.2 Å². The second-order valence-electron chi connectivity index (χ2n) is 3.65. The van der Waals surface area contributed by atoms with Gasteiger partial charge < -0.3 is 10.1 Å². The maximum Gasteiger partial charge on any atom is 0.262 e. The van der Waals surface area contributed by atoms with Gasteiger partial charge in [0.25, 0.3) is 15.0 Å². The highest BCUT2D eigenvalue weighted by atomic mass is 79.9. The lowest BCUT2D eigenvalue weighted by molar-refractivity contribution is 0.0922. The zero-order chi connectivity index (χ0) is 15.3. The molecule has 112 valence electrons. The maximum atomic E-state index is 11.9. The molecule has 20 heavy (non-hydrogen) atoms. The van der Waals surface area contributed by atoms with Crippen molar-refractivity contribution in [3.8, 4) is 0 Å². The molecule has 0 spiro atoms. The molecule has 0 aliphatic heterocycles. The van der Waals surface area contributed by atoms with Gasteiger partial charge in [-0.3, -0.25) is 4.79 Å². The zero-order valence-electron chi connectivity index (χ0n) is 10.5. The van der Waals surface area contributed by atoms with E-state index in [4.69, 9.17) is 27.0 Å². The van der Waals surface area contributed by atoms with E-state index >= 15 is 0 Å². The number of hydrogen-bond acceptors (Lipinski definition) is 4. The van der Waals surface area contributed by atoms with Gasteiger partial charge in [-0.05, 0) is 35.0 Å². The third kappa shape index (κ3) is 4.89. The average Bonchev–Trinajstić information content (AvgIpc) is 2.32. The first-order chi connectivity index (χ1) is 9.27. The molecule has 1 amide bonds. The lowest BCUT2D eigenvalue weighted by atomic mass is 10.2. The van der Waals surface area contributed by atoms with Gasteiger partial charge >= 0.3 is 0 Å². The number of ether oxygens (including phenoxy) is 1. The average molecular weight is 405 g/mol. The van der Waals surface area contributed by atoms with Crippen LogP contribution in [0, 0.1) is 0 Å². The van der Waals surface area contributed by atoms with Crippen LogP contribution in [0.25, 0.3) is 0 Å². The van der Waals surface area contributed by atoms with Crippen molar-refractivity contribution >= 4 is 53.2 Å². The van der Waals surface area contributed by atoms with Gasteiger partial charge in [-0.1, -0.05) is 11.6 Å². The highest BCUT2D eigenvalue weighted by molar-refractivity contribution is 9.10. The Morgan fingerprint density at radius 3 is 2.65 bits per heavy atom. The summed E-state index contributed by atoms with van der Waals surface area (Å²) in [5.74, 6) is -0.497. The van der Waals surface area contributed by atoms with Crippen LogP contribution >= 0.6 is 38.2 Å². The van der Waals surface area contributed by atoms with Gasteiger partial charge in [0.1, 0.15) is 0 Å². The fraction of sp³-hybridized carbons (Fsp3) is 0.364. The zero-order valence-corrected chi connectivity index (χ0v) is 14.4. The maximum absolute atomic E-state index is 11.9. The summed E-state index contributed by atoms with van der Waals surface area (Å²) in [5, 5.41) is 2.69.